The van der Waals surface area contributed by atoms with Crippen LogP contribution in [0.15, 0.2) is 12.1 Å². The highest BCUT2D eigenvalue weighted by Crippen LogP contribution is 2.37. The number of carbonyl (C=O) groups is 1. The summed E-state index contributed by atoms with van der Waals surface area (Å²) in [5, 5.41) is 19.8. The van der Waals surface area contributed by atoms with E-state index in [-0.39, 0.29) is 22.6 Å². The molecule has 17 heavy (non-hydrogen) atoms. The van der Waals surface area contributed by atoms with Crippen LogP contribution >= 0.6 is 0 Å². The summed E-state index contributed by atoms with van der Waals surface area (Å²) in [4.78, 5) is 11.4. The maximum atomic E-state index is 11.4. The predicted molar refractivity (Wildman–Crippen MR) is 61.2 cm³/mol. The predicted octanol–water partition coefficient (Wildman–Crippen LogP) is 1.41. The fraction of sp³-hybridized carbons (Fsp3) is 0.417. The second-order valence-electron chi connectivity index (χ2n) is 4.13. The SMILES string of the molecule is COC(=O)c1cc(OC)c(O)c(C(C)(C)O)c1. The highest BCUT2D eigenvalue weighted by Gasteiger charge is 2.25. The van der Waals surface area contributed by atoms with Gasteiger partial charge in [-0.1, -0.05) is 0 Å². The Kier molecular flexibility index (Phi) is 3.63. The van der Waals surface area contributed by atoms with Crippen LogP contribution in [0.4, 0.5) is 0 Å². The number of hydrogen-bond acceptors (Lipinski definition) is 5. The number of benzene rings is 1. The smallest absolute Gasteiger partial charge is 0.337 e. The van der Waals surface area contributed by atoms with Gasteiger partial charge in [-0.05, 0) is 26.0 Å². The van der Waals surface area contributed by atoms with E-state index in [1.54, 1.807) is 0 Å². The van der Waals surface area contributed by atoms with Gasteiger partial charge >= 0.3 is 5.97 Å². The van der Waals surface area contributed by atoms with Gasteiger partial charge in [0.25, 0.3) is 0 Å². The number of rotatable bonds is 3. The van der Waals surface area contributed by atoms with Crippen LogP contribution in [0.3, 0.4) is 0 Å². The van der Waals surface area contributed by atoms with E-state index in [1.165, 1.54) is 40.2 Å². The molecule has 0 aliphatic carbocycles. The lowest BCUT2D eigenvalue weighted by Crippen LogP contribution is -2.17. The van der Waals surface area contributed by atoms with Crippen molar-refractivity contribution in [2.75, 3.05) is 14.2 Å². The molecule has 0 fully saturated rings. The maximum Gasteiger partial charge on any atom is 0.337 e. The van der Waals surface area contributed by atoms with Crippen molar-refractivity contribution in [1.29, 1.82) is 0 Å². The van der Waals surface area contributed by atoms with Crippen molar-refractivity contribution in [3.05, 3.63) is 23.3 Å². The molecule has 1 rings (SSSR count). The van der Waals surface area contributed by atoms with Crippen LogP contribution < -0.4 is 4.74 Å². The van der Waals surface area contributed by atoms with Gasteiger partial charge < -0.3 is 19.7 Å². The van der Waals surface area contributed by atoms with E-state index in [1.807, 2.05) is 0 Å². The zero-order valence-electron chi connectivity index (χ0n) is 10.3. The minimum Gasteiger partial charge on any atom is -0.504 e. The number of carbonyl (C=O) groups excluding carboxylic acids is 1. The van der Waals surface area contributed by atoms with E-state index in [0.29, 0.717) is 0 Å². The number of esters is 1. The first-order valence-corrected chi connectivity index (χ1v) is 5.03. The molecule has 0 atom stereocenters. The zero-order valence-corrected chi connectivity index (χ0v) is 10.3. The molecule has 2 N–H and O–H groups in total. The lowest BCUT2D eigenvalue weighted by molar-refractivity contribution is 0.0597. The highest BCUT2D eigenvalue weighted by molar-refractivity contribution is 5.90. The molecule has 1 aromatic rings. The third kappa shape index (κ3) is 2.68. The molecule has 0 spiro atoms. The first-order valence-electron chi connectivity index (χ1n) is 5.03. The van der Waals surface area contributed by atoms with E-state index >= 15 is 0 Å². The Morgan fingerprint density at radius 2 is 1.88 bits per heavy atom. The summed E-state index contributed by atoms with van der Waals surface area (Å²) in [6.45, 7) is 3.01. The van der Waals surface area contributed by atoms with Gasteiger partial charge in [0, 0.05) is 5.56 Å². The summed E-state index contributed by atoms with van der Waals surface area (Å²) in [6, 6.07) is 2.74. The Morgan fingerprint density at radius 1 is 1.29 bits per heavy atom. The molecule has 0 saturated heterocycles. The summed E-state index contributed by atoms with van der Waals surface area (Å²) < 4.78 is 9.53. The Bertz CT molecular complexity index is 431. The van der Waals surface area contributed by atoms with Crippen LogP contribution in [0, 0.1) is 0 Å². The second kappa shape index (κ2) is 4.63. The van der Waals surface area contributed by atoms with Crippen LogP contribution in [0.5, 0.6) is 11.5 Å². The van der Waals surface area contributed by atoms with Crippen molar-refractivity contribution in [2.45, 2.75) is 19.4 Å². The maximum absolute atomic E-state index is 11.4. The third-order valence-corrected chi connectivity index (χ3v) is 2.38. The molecule has 0 aliphatic rings. The van der Waals surface area contributed by atoms with Gasteiger partial charge in [0.1, 0.15) is 0 Å². The van der Waals surface area contributed by atoms with Gasteiger partial charge in [0.05, 0.1) is 25.4 Å². The molecule has 0 unspecified atom stereocenters. The van der Waals surface area contributed by atoms with Gasteiger partial charge in [-0.2, -0.15) is 0 Å². The summed E-state index contributed by atoms with van der Waals surface area (Å²) in [7, 11) is 2.62. The molecular formula is C12H16O5. The Hall–Kier alpha value is -1.75. The number of phenolic OH excluding ortho intramolecular Hbond substituents is 1. The number of ether oxygens (including phenoxy) is 2. The summed E-state index contributed by atoms with van der Waals surface area (Å²) in [6.07, 6.45) is 0. The van der Waals surface area contributed by atoms with Crippen molar-refractivity contribution >= 4 is 5.97 Å². The number of aliphatic hydroxyl groups is 1. The van der Waals surface area contributed by atoms with Gasteiger partial charge in [-0.15, -0.1) is 0 Å². The van der Waals surface area contributed by atoms with E-state index in [4.69, 9.17) is 4.74 Å². The third-order valence-electron chi connectivity index (χ3n) is 2.38. The normalized spacial score (nSPS) is 11.1. The van der Waals surface area contributed by atoms with Crippen molar-refractivity contribution in [1.82, 2.24) is 0 Å². The molecule has 1 aromatic carbocycles. The first kappa shape index (κ1) is 13.3. The molecular weight excluding hydrogens is 224 g/mol. The van der Waals surface area contributed by atoms with Crippen LogP contribution in [0.2, 0.25) is 0 Å². The lowest BCUT2D eigenvalue weighted by Gasteiger charge is -2.21. The summed E-state index contributed by atoms with van der Waals surface area (Å²) >= 11 is 0. The quantitative estimate of drug-likeness (QED) is 0.781. The molecule has 94 valence electrons. The van der Waals surface area contributed by atoms with Crippen LogP contribution in [0.25, 0.3) is 0 Å². The molecule has 5 heteroatoms. The largest absolute Gasteiger partial charge is 0.504 e. The average molecular weight is 240 g/mol. The van der Waals surface area contributed by atoms with E-state index in [0.717, 1.165) is 0 Å². The standard InChI is InChI=1S/C12H16O5/c1-12(2,15)8-5-7(11(14)17-4)6-9(16-3)10(8)13/h5-6,13,15H,1-4H3. The Morgan fingerprint density at radius 3 is 2.29 bits per heavy atom. The highest BCUT2D eigenvalue weighted by atomic mass is 16.5. The monoisotopic (exact) mass is 240 g/mol. The number of methoxy groups -OCH3 is 2. The van der Waals surface area contributed by atoms with Crippen molar-refractivity contribution in [3.8, 4) is 11.5 Å². The molecule has 0 bridgehead atoms. The minimum atomic E-state index is -1.29. The zero-order chi connectivity index (χ0) is 13.2. The Balaban J connectivity index is 3.44. The number of phenols is 1. The van der Waals surface area contributed by atoms with Gasteiger partial charge in [-0.25, -0.2) is 4.79 Å². The lowest BCUT2D eigenvalue weighted by atomic mass is 9.95. The first-order chi connectivity index (χ1) is 7.81. The number of aromatic hydroxyl groups is 1. The molecule has 0 aromatic heterocycles. The molecule has 0 aliphatic heterocycles. The fourth-order valence-corrected chi connectivity index (χ4v) is 1.47. The molecule has 0 radical (unpaired) electrons. The Labute approximate surface area is 99.6 Å². The van der Waals surface area contributed by atoms with E-state index in [9.17, 15) is 15.0 Å². The minimum absolute atomic E-state index is 0.116. The van der Waals surface area contributed by atoms with Gasteiger partial charge in [-0.3, -0.25) is 0 Å². The molecule has 0 saturated carbocycles. The topological polar surface area (TPSA) is 76.0 Å². The van der Waals surface area contributed by atoms with Gasteiger partial charge in [0.15, 0.2) is 11.5 Å². The summed E-state index contributed by atoms with van der Waals surface area (Å²) in [5.74, 6) is -0.633. The van der Waals surface area contributed by atoms with Crippen LogP contribution in [-0.4, -0.2) is 30.4 Å². The van der Waals surface area contributed by atoms with Crippen molar-refractivity contribution in [2.24, 2.45) is 0 Å². The fourth-order valence-electron chi connectivity index (χ4n) is 1.47. The molecule has 0 heterocycles. The van der Waals surface area contributed by atoms with Crippen LogP contribution in [-0.2, 0) is 10.3 Å². The van der Waals surface area contributed by atoms with Gasteiger partial charge in [0.2, 0.25) is 0 Å². The molecule has 5 nitrogen and oxygen atoms in total. The van der Waals surface area contributed by atoms with Crippen LogP contribution in [0.1, 0.15) is 29.8 Å². The average Bonchev–Trinajstić information content (AvgIpc) is 2.26. The number of hydrogen-bond donors (Lipinski definition) is 2. The van der Waals surface area contributed by atoms with Crippen molar-refractivity contribution < 1.29 is 24.5 Å². The van der Waals surface area contributed by atoms with E-state index < -0.39 is 11.6 Å². The summed E-state index contributed by atoms with van der Waals surface area (Å²) in [5.41, 5.74) is -0.877. The second-order valence-corrected chi connectivity index (χ2v) is 4.13. The molecule has 0 amide bonds. The van der Waals surface area contributed by atoms with E-state index in [2.05, 4.69) is 4.74 Å². The van der Waals surface area contributed by atoms with Crippen molar-refractivity contribution in [3.63, 3.8) is 0 Å².